The molecule has 0 aliphatic carbocycles. The van der Waals surface area contributed by atoms with Crippen molar-refractivity contribution in [2.24, 2.45) is 0 Å². The Labute approximate surface area is 629 Å². The summed E-state index contributed by atoms with van der Waals surface area (Å²) in [5.74, 6) is 1.10. The van der Waals surface area contributed by atoms with Gasteiger partial charge in [0, 0.05) is 5.56 Å². The Kier molecular flexibility index (Phi) is 38.2. The quantitative estimate of drug-likeness (QED) is 0.122. The van der Waals surface area contributed by atoms with Gasteiger partial charge in [0.2, 0.25) is 0 Å². The van der Waals surface area contributed by atoms with E-state index in [1.54, 1.807) is 67.9 Å². The Hall–Kier alpha value is -10.6. The highest BCUT2D eigenvalue weighted by molar-refractivity contribution is 6.88. The van der Waals surface area contributed by atoms with Crippen molar-refractivity contribution < 1.29 is 27.0 Å². The lowest BCUT2D eigenvalue weighted by Gasteiger charge is -2.18. The van der Waals surface area contributed by atoms with Crippen LogP contribution in [0, 0.1) is 99.4 Å². The lowest BCUT2D eigenvalue weighted by molar-refractivity contribution is 0.414. The van der Waals surface area contributed by atoms with Crippen molar-refractivity contribution in [3.05, 3.63) is 412 Å². The van der Waals surface area contributed by atoms with E-state index in [9.17, 15) is 17.6 Å². The maximum Gasteiger partial charge on any atom is 0.131 e. The third-order valence-electron chi connectivity index (χ3n) is 16.2. The lowest BCUT2D eigenvalue weighted by Crippen LogP contribution is -2.37. The topological polar surface area (TPSA) is 18.5 Å². The number of hydrogen-bond acceptors (Lipinski definition) is 2. The highest BCUT2D eigenvalue weighted by Gasteiger charge is 2.15. The van der Waals surface area contributed by atoms with E-state index in [1.165, 1.54) is 97.6 Å². The van der Waals surface area contributed by atoms with Crippen molar-refractivity contribution in [3.8, 4) is 44.9 Å². The second kappa shape index (κ2) is 46.2. The summed E-state index contributed by atoms with van der Waals surface area (Å²) in [6, 6.07) is 103. The van der Waals surface area contributed by atoms with Crippen LogP contribution in [0.4, 0.5) is 17.6 Å². The van der Waals surface area contributed by atoms with E-state index in [0.29, 0.717) is 5.56 Å². The molecule has 0 spiro atoms. The molecule has 0 aromatic heterocycles. The maximum absolute atomic E-state index is 13.4. The van der Waals surface area contributed by atoms with E-state index in [1.807, 2.05) is 148 Å². The molecule has 0 fully saturated rings. The first-order valence-electron chi connectivity index (χ1n) is 35.5. The second-order valence-electron chi connectivity index (χ2n) is 28.0. The Bertz CT molecular complexity index is 4180. The Balaban J connectivity index is 0.000000249. The molecular formula is C98H110F4O2Si. The van der Waals surface area contributed by atoms with Crippen molar-refractivity contribution in [3.63, 3.8) is 0 Å². The van der Waals surface area contributed by atoms with E-state index in [4.69, 9.17) is 9.47 Å². The summed E-state index contributed by atoms with van der Waals surface area (Å²) in [7, 11) is 2.28. The van der Waals surface area contributed by atoms with Crippen molar-refractivity contribution in [1.29, 1.82) is 0 Å². The van der Waals surface area contributed by atoms with Crippen LogP contribution in [0.25, 0.3) is 33.4 Å². The molecule has 7 heteroatoms. The fourth-order valence-corrected chi connectivity index (χ4v) is 10.5. The zero-order valence-electron chi connectivity index (χ0n) is 65.4. The molecule has 546 valence electrons. The van der Waals surface area contributed by atoms with E-state index >= 15 is 0 Å². The number of para-hydroxylation sites is 1. The summed E-state index contributed by atoms with van der Waals surface area (Å²) >= 11 is 0. The van der Waals surface area contributed by atoms with Crippen molar-refractivity contribution in [2.75, 3.05) is 14.2 Å². The van der Waals surface area contributed by atoms with Gasteiger partial charge in [-0.2, -0.15) is 0 Å². The average Bonchev–Trinajstić information content (AvgIpc) is 0.875. The number of rotatable bonds is 6. The van der Waals surface area contributed by atoms with Gasteiger partial charge in [0.25, 0.3) is 0 Å². The van der Waals surface area contributed by atoms with Gasteiger partial charge in [-0.25, -0.2) is 17.6 Å². The molecule has 0 heterocycles. The van der Waals surface area contributed by atoms with Crippen molar-refractivity contribution >= 4 is 13.3 Å². The number of benzene rings is 13. The van der Waals surface area contributed by atoms with Gasteiger partial charge in [0.15, 0.2) is 0 Å². The van der Waals surface area contributed by atoms with Gasteiger partial charge in [0.05, 0.1) is 22.3 Å². The molecule has 13 rings (SSSR count). The largest absolute Gasteiger partial charge is 0.497 e. The Morgan fingerprint density at radius 3 is 0.848 bits per heavy atom. The first-order chi connectivity index (χ1) is 49.9. The van der Waals surface area contributed by atoms with E-state index in [2.05, 4.69) is 205 Å². The Morgan fingerprint density at radius 1 is 0.248 bits per heavy atom. The van der Waals surface area contributed by atoms with Gasteiger partial charge < -0.3 is 9.47 Å². The minimum atomic E-state index is -1.06. The fraction of sp³-hybridized carbons (Fsp3) is 0.204. The van der Waals surface area contributed by atoms with Gasteiger partial charge >= 0.3 is 0 Å². The molecule has 0 amide bonds. The third-order valence-corrected chi connectivity index (χ3v) is 18.3. The van der Waals surface area contributed by atoms with Crippen molar-refractivity contribution in [1.82, 2.24) is 0 Å². The molecule has 13 aromatic carbocycles. The maximum atomic E-state index is 13.4. The fourth-order valence-electron chi connectivity index (χ4n) is 9.38. The molecular weight excluding hydrogens is 1310 g/mol. The summed E-state index contributed by atoms with van der Waals surface area (Å²) in [6.45, 7) is 36.5. The number of hydrogen-bond donors (Lipinski definition) is 0. The minimum absolute atomic E-state index is 0.170. The molecule has 0 N–H and O–H groups in total. The van der Waals surface area contributed by atoms with Crippen LogP contribution >= 0.6 is 0 Å². The first kappa shape index (κ1) is 86.8. The predicted molar refractivity (Wildman–Crippen MR) is 447 cm³/mol. The standard InChI is InChI=1S/3C13H11F.C11H16.C10H16Si.C8H10O.2C8H10.C7H7F.C7H8O/c1-10-2-4-11(5-3-10)12-6-8-13(14)9-7-12;1-10-5-7-11(8-6-10)12-3-2-4-13(14)9-12;1-10-6-8-11(9-7-10)12-4-2-3-5-13(12)14;2*1-9-5-7-10(8-6-9)11(2,3)4;1-7-3-5-8(9-2)6-4-7;2*1-7-3-5-8(2)6-4-7;1-6-2-4-7(8)5-3-6;1-8-7-5-3-2-4-6-7/h3*2-9H,1H3;2*5-8H,1-4H3;3-6H,1-2H3;2*3-6H,1-2H3;2-5H,1H3;2-6H,1H3. The normalized spacial score (nSPS) is 10.0. The lowest BCUT2D eigenvalue weighted by atomic mass is 9.87. The number of halogens is 4. The smallest absolute Gasteiger partial charge is 0.131 e. The van der Waals surface area contributed by atoms with Crippen molar-refractivity contribution in [2.45, 2.75) is 122 Å². The van der Waals surface area contributed by atoms with Crippen LogP contribution in [0.2, 0.25) is 19.6 Å². The van der Waals surface area contributed by atoms with Crippen LogP contribution in [-0.2, 0) is 5.41 Å². The first-order valence-corrected chi connectivity index (χ1v) is 39.0. The van der Waals surface area contributed by atoms with Crippen LogP contribution in [0.15, 0.2) is 322 Å². The number of aryl methyl sites for hydroxylation is 11. The van der Waals surface area contributed by atoms with Gasteiger partial charge in [-0.05, 0) is 182 Å². The SMILES string of the molecule is COc1ccc(C)cc1.COc1ccccc1.Cc1ccc(-c2ccc(F)cc2)cc1.Cc1ccc(-c2cccc(F)c2)cc1.Cc1ccc(-c2ccccc2F)cc1.Cc1ccc(C(C)(C)C)cc1.Cc1ccc(C)cc1.Cc1ccc(C)cc1.Cc1ccc(F)cc1.Cc1ccc([Si](C)(C)C)cc1. The highest BCUT2D eigenvalue weighted by atomic mass is 28.3. The molecule has 0 aliphatic rings. The second-order valence-corrected chi connectivity index (χ2v) is 33.0. The molecule has 0 radical (unpaired) electrons. The number of ether oxygens (including phenoxy) is 2. The summed E-state index contributed by atoms with van der Waals surface area (Å²) in [5.41, 5.74) is 21.4. The number of methoxy groups -OCH3 is 2. The van der Waals surface area contributed by atoms with Gasteiger partial charge in [-0.1, -0.05) is 362 Å². The molecule has 0 saturated carbocycles. The zero-order chi connectivity index (χ0) is 77.3. The predicted octanol–water partition coefficient (Wildman–Crippen LogP) is 27.7. The van der Waals surface area contributed by atoms with Gasteiger partial charge in [-0.3, -0.25) is 0 Å². The minimum Gasteiger partial charge on any atom is -0.497 e. The molecule has 0 bridgehead atoms. The van der Waals surface area contributed by atoms with Crippen LogP contribution in [0.1, 0.15) is 87.5 Å². The van der Waals surface area contributed by atoms with Gasteiger partial charge in [0.1, 0.15) is 34.8 Å². The van der Waals surface area contributed by atoms with Crippen LogP contribution in [0.3, 0.4) is 0 Å². The van der Waals surface area contributed by atoms with Crippen LogP contribution < -0.4 is 14.7 Å². The molecule has 105 heavy (non-hydrogen) atoms. The van der Waals surface area contributed by atoms with Gasteiger partial charge in [-0.15, -0.1) is 0 Å². The molecule has 0 aliphatic heterocycles. The Morgan fingerprint density at radius 2 is 0.524 bits per heavy atom. The van der Waals surface area contributed by atoms with Crippen LogP contribution in [0.5, 0.6) is 11.5 Å². The zero-order valence-corrected chi connectivity index (χ0v) is 66.4. The summed E-state index contributed by atoms with van der Waals surface area (Å²) in [5, 5.41) is 1.54. The highest BCUT2D eigenvalue weighted by Crippen LogP contribution is 2.25. The molecule has 2 nitrogen and oxygen atoms in total. The summed E-state index contributed by atoms with van der Waals surface area (Å²) in [6.07, 6.45) is 0. The average molecular weight is 1420 g/mol. The molecule has 13 aromatic rings. The summed E-state index contributed by atoms with van der Waals surface area (Å²) in [4.78, 5) is 0. The van der Waals surface area contributed by atoms with Crippen LogP contribution in [-0.4, -0.2) is 22.3 Å². The summed E-state index contributed by atoms with van der Waals surface area (Å²) < 4.78 is 60.9. The van der Waals surface area contributed by atoms with E-state index < -0.39 is 8.07 Å². The van der Waals surface area contributed by atoms with E-state index in [0.717, 1.165) is 44.9 Å². The molecule has 0 saturated heterocycles. The molecule has 0 unspecified atom stereocenters. The third kappa shape index (κ3) is 36.4. The van der Waals surface area contributed by atoms with E-state index in [-0.39, 0.29) is 28.7 Å². The molecule has 0 atom stereocenters. The monoisotopic (exact) mass is 1420 g/mol.